The zero-order valence-corrected chi connectivity index (χ0v) is 20.3. The number of carbonyl (C=O) groups excluding carboxylic acids is 2. The van der Waals surface area contributed by atoms with E-state index in [0.29, 0.717) is 74.5 Å². The van der Waals surface area contributed by atoms with Crippen molar-refractivity contribution >= 4 is 23.4 Å². The van der Waals surface area contributed by atoms with Crippen LogP contribution >= 0.6 is 11.6 Å². The van der Waals surface area contributed by atoms with E-state index >= 15 is 0 Å². The molecule has 2 aromatic carbocycles. The molecule has 0 saturated carbocycles. The highest BCUT2D eigenvalue weighted by Crippen LogP contribution is 2.30. The molecule has 178 valence electrons. The van der Waals surface area contributed by atoms with E-state index in [1.807, 2.05) is 47.9 Å². The lowest BCUT2D eigenvalue weighted by Gasteiger charge is -2.35. The topological polar surface area (TPSA) is 62.3 Å². The molecule has 0 aliphatic carbocycles. The molecule has 1 saturated heterocycles. The molecule has 1 heterocycles. The average molecular weight is 474 g/mol. The number of amides is 2. The second-order valence-electron chi connectivity index (χ2n) is 7.88. The Morgan fingerprint density at radius 2 is 1.70 bits per heavy atom. The van der Waals surface area contributed by atoms with Crippen molar-refractivity contribution < 1.29 is 19.1 Å². The van der Waals surface area contributed by atoms with Gasteiger partial charge in [0.25, 0.3) is 5.91 Å². The van der Waals surface area contributed by atoms with Crippen LogP contribution in [0.4, 0.5) is 0 Å². The first-order valence-corrected chi connectivity index (χ1v) is 11.7. The maximum absolute atomic E-state index is 13.1. The van der Waals surface area contributed by atoms with Gasteiger partial charge in [-0.2, -0.15) is 0 Å². The van der Waals surface area contributed by atoms with Gasteiger partial charge in [0.2, 0.25) is 5.91 Å². The molecule has 7 nitrogen and oxygen atoms in total. The van der Waals surface area contributed by atoms with Gasteiger partial charge in [0.15, 0.2) is 11.5 Å². The lowest BCUT2D eigenvalue weighted by molar-refractivity contribution is -0.132. The maximum Gasteiger partial charge on any atom is 0.254 e. The van der Waals surface area contributed by atoms with Gasteiger partial charge in [-0.3, -0.25) is 14.5 Å². The van der Waals surface area contributed by atoms with Gasteiger partial charge in [-0.05, 0) is 38.1 Å². The number of methoxy groups -OCH3 is 1. The smallest absolute Gasteiger partial charge is 0.254 e. The Morgan fingerprint density at radius 1 is 1.00 bits per heavy atom. The minimum atomic E-state index is -0.0549. The number of halogens is 1. The summed E-state index contributed by atoms with van der Waals surface area (Å²) in [7, 11) is 1.55. The Hall–Kier alpha value is -2.77. The minimum Gasteiger partial charge on any atom is -0.493 e. The van der Waals surface area contributed by atoms with Crippen LogP contribution in [0.3, 0.4) is 0 Å². The normalized spacial score (nSPS) is 14.1. The highest BCUT2D eigenvalue weighted by Gasteiger charge is 2.25. The molecule has 0 atom stereocenters. The van der Waals surface area contributed by atoms with Crippen molar-refractivity contribution in [2.75, 3.05) is 52.9 Å². The van der Waals surface area contributed by atoms with Gasteiger partial charge in [-0.15, -0.1) is 0 Å². The fourth-order valence-corrected chi connectivity index (χ4v) is 4.04. The Bertz CT molecular complexity index is 956. The summed E-state index contributed by atoms with van der Waals surface area (Å²) in [5.41, 5.74) is 1.42. The summed E-state index contributed by atoms with van der Waals surface area (Å²) in [6, 6.07) is 12.7. The van der Waals surface area contributed by atoms with Crippen molar-refractivity contribution in [2.24, 2.45) is 0 Å². The number of ether oxygens (including phenoxy) is 2. The molecule has 2 aromatic rings. The van der Waals surface area contributed by atoms with E-state index in [-0.39, 0.29) is 11.8 Å². The summed E-state index contributed by atoms with van der Waals surface area (Å²) in [4.78, 5) is 31.2. The molecule has 1 fully saturated rings. The number of benzene rings is 2. The quantitative estimate of drug-likeness (QED) is 0.557. The van der Waals surface area contributed by atoms with Crippen LogP contribution < -0.4 is 9.47 Å². The number of likely N-dealkylation sites (N-methyl/N-ethyl adjacent to an activating group) is 1. The van der Waals surface area contributed by atoms with Crippen molar-refractivity contribution in [3.8, 4) is 11.5 Å². The first kappa shape index (κ1) is 24.9. The third-order valence-corrected chi connectivity index (χ3v) is 6.25. The second kappa shape index (κ2) is 11.9. The molecule has 2 amide bonds. The molecule has 33 heavy (non-hydrogen) atoms. The van der Waals surface area contributed by atoms with Crippen molar-refractivity contribution in [2.45, 2.75) is 20.5 Å². The van der Waals surface area contributed by atoms with Crippen LogP contribution in [-0.4, -0.2) is 79.4 Å². The highest BCUT2D eigenvalue weighted by molar-refractivity contribution is 6.31. The van der Waals surface area contributed by atoms with Gasteiger partial charge >= 0.3 is 0 Å². The Labute approximate surface area is 200 Å². The van der Waals surface area contributed by atoms with E-state index in [1.165, 1.54) is 0 Å². The molecule has 8 heteroatoms. The summed E-state index contributed by atoms with van der Waals surface area (Å²) < 4.78 is 11.4. The molecule has 0 spiro atoms. The number of carbonyl (C=O) groups is 2. The lowest BCUT2D eigenvalue weighted by atomic mass is 10.1. The van der Waals surface area contributed by atoms with Crippen LogP contribution in [0.2, 0.25) is 5.02 Å². The zero-order valence-electron chi connectivity index (χ0n) is 19.6. The molecular formula is C25H32ClN3O4. The molecule has 0 aromatic heterocycles. The first-order chi connectivity index (χ1) is 16.0. The van der Waals surface area contributed by atoms with Crippen LogP contribution in [0.15, 0.2) is 42.5 Å². The molecule has 0 N–H and O–H groups in total. The molecule has 1 aliphatic heterocycles. The van der Waals surface area contributed by atoms with E-state index < -0.39 is 0 Å². The second-order valence-corrected chi connectivity index (χ2v) is 8.29. The molecular weight excluding hydrogens is 442 g/mol. The summed E-state index contributed by atoms with van der Waals surface area (Å²) in [6.45, 7) is 8.62. The predicted octanol–water partition coefficient (Wildman–Crippen LogP) is 3.55. The van der Waals surface area contributed by atoms with Crippen LogP contribution in [0, 0.1) is 0 Å². The monoisotopic (exact) mass is 473 g/mol. The lowest BCUT2D eigenvalue weighted by Crippen LogP contribution is -2.51. The van der Waals surface area contributed by atoms with E-state index in [0.717, 1.165) is 5.56 Å². The average Bonchev–Trinajstić information content (AvgIpc) is 2.84. The molecule has 0 radical (unpaired) electrons. The largest absolute Gasteiger partial charge is 0.493 e. The van der Waals surface area contributed by atoms with Crippen molar-refractivity contribution in [3.05, 3.63) is 58.6 Å². The number of nitrogens with zero attached hydrogens (tertiary/aromatic N) is 3. The van der Waals surface area contributed by atoms with Crippen molar-refractivity contribution in [1.29, 1.82) is 0 Å². The van der Waals surface area contributed by atoms with Gasteiger partial charge in [0.05, 0.1) is 13.7 Å². The van der Waals surface area contributed by atoms with E-state index in [4.69, 9.17) is 21.1 Å². The SMILES string of the molecule is CCN(CC)C(=O)CN1CCN(C(=O)c2ccc(OCc3ccccc3Cl)c(OC)c2)CC1. The van der Waals surface area contributed by atoms with Crippen LogP contribution in [0.1, 0.15) is 29.8 Å². The number of rotatable bonds is 9. The fourth-order valence-electron chi connectivity index (χ4n) is 3.85. The third kappa shape index (κ3) is 6.39. The molecule has 0 bridgehead atoms. The molecule has 1 aliphatic rings. The summed E-state index contributed by atoms with van der Waals surface area (Å²) in [5, 5.41) is 0.640. The summed E-state index contributed by atoms with van der Waals surface area (Å²) >= 11 is 6.20. The number of hydrogen-bond acceptors (Lipinski definition) is 5. The molecule has 3 rings (SSSR count). The van der Waals surface area contributed by atoms with Crippen molar-refractivity contribution in [3.63, 3.8) is 0 Å². The Morgan fingerprint density at radius 3 is 2.33 bits per heavy atom. The van der Waals surface area contributed by atoms with Crippen LogP contribution in [-0.2, 0) is 11.4 Å². The minimum absolute atomic E-state index is 0.0549. The van der Waals surface area contributed by atoms with Gasteiger partial charge in [-0.25, -0.2) is 0 Å². The standard InChI is InChI=1S/C25H32ClN3O4/c1-4-28(5-2)24(30)17-27-12-14-29(15-13-27)25(31)19-10-11-22(23(16-19)32-3)33-18-20-8-6-7-9-21(20)26/h6-11,16H,4-5,12-15,17-18H2,1-3H3. The highest BCUT2D eigenvalue weighted by atomic mass is 35.5. The first-order valence-electron chi connectivity index (χ1n) is 11.3. The van der Waals surface area contributed by atoms with E-state index in [2.05, 4.69) is 4.90 Å². The Kier molecular flexibility index (Phi) is 8.97. The van der Waals surface area contributed by atoms with Gasteiger partial charge in [-0.1, -0.05) is 29.8 Å². The summed E-state index contributed by atoms with van der Waals surface area (Å²) in [5.74, 6) is 1.13. The predicted molar refractivity (Wildman–Crippen MR) is 129 cm³/mol. The third-order valence-electron chi connectivity index (χ3n) is 5.89. The van der Waals surface area contributed by atoms with E-state index in [9.17, 15) is 9.59 Å². The maximum atomic E-state index is 13.1. The van der Waals surface area contributed by atoms with Gasteiger partial charge in [0, 0.05) is 55.4 Å². The van der Waals surface area contributed by atoms with Crippen LogP contribution in [0.25, 0.3) is 0 Å². The van der Waals surface area contributed by atoms with Crippen LogP contribution in [0.5, 0.6) is 11.5 Å². The van der Waals surface area contributed by atoms with Crippen molar-refractivity contribution in [1.82, 2.24) is 14.7 Å². The molecule has 0 unspecified atom stereocenters. The Balaban J connectivity index is 1.58. The zero-order chi connectivity index (χ0) is 23.8. The summed E-state index contributed by atoms with van der Waals surface area (Å²) in [6.07, 6.45) is 0. The van der Waals surface area contributed by atoms with Gasteiger partial charge < -0.3 is 19.3 Å². The van der Waals surface area contributed by atoms with Gasteiger partial charge in [0.1, 0.15) is 6.61 Å². The number of piperazine rings is 1. The fraction of sp³-hybridized carbons (Fsp3) is 0.440. The van der Waals surface area contributed by atoms with E-state index in [1.54, 1.807) is 25.3 Å². The number of hydrogen-bond donors (Lipinski definition) is 0.